The summed E-state index contributed by atoms with van der Waals surface area (Å²) < 4.78 is 2.21. The van der Waals surface area contributed by atoms with E-state index in [-0.39, 0.29) is 6.61 Å². The van der Waals surface area contributed by atoms with Crippen molar-refractivity contribution in [3.63, 3.8) is 0 Å². The second kappa shape index (κ2) is 4.30. The largest absolute Gasteiger partial charge is 0.396 e. The minimum absolute atomic E-state index is 0.219. The lowest BCUT2D eigenvalue weighted by Gasteiger charge is -2.00. The fourth-order valence-corrected chi connectivity index (χ4v) is 2.34. The van der Waals surface area contributed by atoms with Crippen LogP contribution in [0.5, 0.6) is 0 Å². The van der Waals surface area contributed by atoms with Crippen LogP contribution in [0, 0.1) is 6.92 Å². The third-order valence-electron chi connectivity index (χ3n) is 3.46. The van der Waals surface area contributed by atoms with Gasteiger partial charge in [-0.1, -0.05) is 13.0 Å². The van der Waals surface area contributed by atoms with E-state index in [1.807, 2.05) is 0 Å². The lowest BCUT2D eigenvalue weighted by molar-refractivity contribution is 0.299. The summed E-state index contributed by atoms with van der Waals surface area (Å²) in [4.78, 5) is 0. The molecule has 1 aromatic heterocycles. The Morgan fingerprint density at radius 3 is 2.69 bits per heavy atom. The lowest BCUT2D eigenvalue weighted by Crippen LogP contribution is -1.95. The average Bonchev–Trinajstić information content (AvgIpc) is 2.54. The zero-order chi connectivity index (χ0) is 11.7. The van der Waals surface area contributed by atoms with Crippen LogP contribution in [0.3, 0.4) is 0 Å². The smallest absolute Gasteiger partial charge is 0.0482 e. The van der Waals surface area contributed by atoms with Crippen molar-refractivity contribution in [2.45, 2.75) is 26.7 Å². The Morgan fingerprint density at radius 1 is 1.31 bits per heavy atom. The molecule has 0 amide bonds. The first-order valence-electron chi connectivity index (χ1n) is 5.86. The van der Waals surface area contributed by atoms with Gasteiger partial charge in [0.1, 0.15) is 0 Å². The fraction of sp³-hybridized carbons (Fsp3) is 0.429. The molecule has 0 aliphatic rings. The summed E-state index contributed by atoms with van der Waals surface area (Å²) in [5.74, 6) is 0. The predicted molar refractivity (Wildman–Crippen MR) is 67.8 cm³/mol. The Labute approximate surface area is 96.5 Å². The average molecular weight is 217 g/mol. The van der Waals surface area contributed by atoms with Crippen molar-refractivity contribution in [3.8, 4) is 0 Å². The highest BCUT2D eigenvalue weighted by Gasteiger charge is 2.11. The molecule has 86 valence electrons. The molecule has 0 aliphatic heterocycles. The molecule has 2 aromatic rings. The molecule has 0 radical (unpaired) electrons. The maximum atomic E-state index is 9.13. The summed E-state index contributed by atoms with van der Waals surface area (Å²) in [6.45, 7) is 4.51. The van der Waals surface area contributed by atoms with Gasteiger partial charge in [-0.05, 0) is 43.0 Å². The monoisotopic (exact) mass is 217 g/mol. The van der Waals surface area contributed by atoms with Gasteiger partial charge in [0.15, 0.2) is 0 Å². The maximum absolute atomic E-state index is 9.13. The number of hydrogen-bond donors (Lipinski definition) is 1. The maximum Gasteiger partial charge on any atom is 0.0482 e. The van der Waals surface area contributed by atoms with Gasteiger partial charge in [0.05, 0.1) is 0 Å². The highest BCUT2D eigenvalue weighted by atomic mass is 16.2. The molecule has 0 unspecified atom stereocenters. The molecule has 2 heteroatoms. The highest BCUT2D eigenvalue weighted by Crippen LogP contribution is 2.26. The van der Waals surface area contributed by atoms with Gasteiger partial charge in [-0.3, -0.25) is 0 Å². The number of aliphatic hydroxyl groups is 1. The molecule has 2 nitrogen and oxygen atoms in total. The molecule has 0 spiro atoms. The minimum atomic E-state index is 0.219. The molecular formula is C14H19NO. The summed E-state index contributed by atoms with van der Waals surface area (Å²) >= 11 is 0. The van der Waals surface area contributed by atoms with Crippen LogP contribution in [-0.4, -0.2) is 16.3 Å². The van der Waals surface area contributed by atoms with Gasteiger partial charge >= 0.3 is 0 Å². The molecule has 0 atom stereocenters. The minimum Gasteiger partial charge on any atom is -0.396 e. The van der Waals surface area contributed by atoms with Crippen LogP contribution in [0.25, 0.3) is 10.9 Å². The van der Waals surface area contributed by atoms with Crippen molar-refractivity contribution in [2.75, 3.05) is 6.61 Å². The van der Waals surface area contributed by atoms with Gasteiger partial charge in [-0.25, -0.2) is 0 Å². The number of fused-ring (bicyclic) bond motifs is 1. The van der Waals surface area contributed by atoms with E-state index in [9.17, 15) is 0 Å². The molecule has 0 saturated carbocycles. The Balaban J connectivity index is 2.70. The molecule has 16 heavy (non-hydrogen) atoms. The third-order valence-corrected chi connectivity index (χ3v) is 3.46. The van der Waals surface area contributed by atoms with Crippen molar-refractivity contribution >= 4 is 10.9 Å². The van der Waals surface area contributed by atoms with E-state index in [2.05, 4.69) is 43.7 Å². The summed E-state index contributed by atoms with van der Waals surface area (Å²) in [6.07, 6.45) is 1.80. The molecule has 1 N–H and O–H groups in total. The first kappa shape index (κ1) is 11.2. The second-order valence-electron chi connectivity index (χ2n) is 4.30. The van der Waals surface area contributed by atoms with E-state index in [4.69, 9.17) is 5.11 Å². The van der Waals surface area contributed by atoms with Crippen molar-refractivity contribution in [2.24, 2.45) is 7.05 Å². The van der Waals surface area contributed by atoms with Crippen molar-refractivity contribution in [1.29, 1.82) is 0 Å². The standard InChI is InChI=1S/C14H19NO/c1-4-11-5-6-14-13(9-11)12(7-8-16)10(2)15(14)3/h5-6,9,16H,4,7-8H2,1-3H3. The molecular weight excluding hydrogens is 198 g/mol. The predicted octanol–water partition coefficient (Wildman–Crippen LogP) is 2.58. The zero-order valence-electron chi connectivity index (χ0n) is 10.2. The van der Waals surface area contributed by atoms with E-state index >= 15 is 0 Å². The van der Waals surface area contributed by atoms with Gasteiger partial charge in [-0.15, -0.1) is 0 Å². The van der Waals surface area contributed by atoms with Gasteiger partial charge in [0.25, 0.3) is 0 Å². The molecule has 0 aliphatic carbocycles. The topological polar surface area (TPSA) is 25.2 Å². The summed E-state index contributed by atoms with van der Waals surface area (Å²) in [5.41, 5.74) is 5.17. The van der Waals surface area contributed by atoms with Gasteiger partial charge < -0.3 is 9.67 Å². The normalized spacial score (nSPS) is 11.2. The Bertz CT molecular complexity index is 511. The van der Waals surface area contributed by atoms with Gasteiger partial charge in [-0.2, -0.15) is 0 Å². The number of aromatic nitrogens is 1. The number of aliphatic hydroxyl groups excluding tert-OH is 1. The molecule has 0 saturated heterocycles. The Hall–Kier alpha value is -1.28. The van der Waals surface area contributed by atoms with E-state index < -0.39 is 0 Å². The molecule has 1 heterocycles. The van der Waals surface area contributed by atoms with Gasteiger partial charge in [0, 0.05) is 30.3 Å². The first-order chi connectivity index (χ1) is 7.69. The number of nitrogens with zero attached hydrogens (tertiary/aromatic N) is 1. The van der Waals surface area contributed by atoms with Crippen molar-refractivity contribution < 1.29 is 5.11 Å². The third kappa shape index (κ3) is 1.63. The number of hydrogen-bond acceptors (Lipinski definition) is 1. The van der Waals surface area contributed by atoms with Crippen LogP contribution in [0.15, 0.2) is 18.2 Å². The van der Waals surface area contributed by atoms with E-state index in [0.29, 0.717) is 0 Å². The molecule has 2 rings (SSSR count). The van der Waals surface area contributed by atoms with E-state index in [1.165, 1.54) is 27.7 Å². The fourth-order valence-electron chi connectivity index (χ4n) is 2.34. The summed E-state index contributed by atoms with van der Waals surface area (Å²) in [7, 11) is 2.09. The molecule has 0 fully saturated rings. The van der Waals surface area contributed by atoms with Crippen molar-refractivity contribution in [3.05, 3.63) is 35.0 Å². The Morgan fingerprint density at radius 2 is 2.06 bits per heavy atom. The quantitative estimate of drug-likeness (QED) is 0.840. The Kier molecular flexibility index (Phi) is 3.01. The first-order valence-corrected chi connectivity index (χ1v) is 5.86. The highest BCUT2D eigenvalue weighted by molar-refractivity contribution is 5.86. The van der Waals surface area contributed by atoms with Crippen molar-refractivity contribution in [1.82, 2.24) is 4.57 Å². The van der Waals surface area contributed by atoms with E-state index in [0.717, 1.165) is 12.8 Å². The zero-order valence-corrected chi connectivity index (χ0v) is 10.2. The van der Waals surface area contributed by atoms with Crippen LogP contribution >= 0.6 is 0 Å². The second-order valence-corrected chi connectivity index (χ2v) is 4.30. The van der Waals surface area contributed by atoms with Crippen LogP contribution in [0.1, 0.15) is 23.7 Å². The van der Waals surface area contributed by atoms with Crippen LogP contribution in [0.4, 0.5) is 0 Å². The summed E-state index contributed by atoms with van der Waals surface area (Å²) in [6, 6.07) is 6.62. The number of rotatable bonds is 3. The van der Waals surface area contributed by atoms with Crippen LogP contribution in [-0.2, 0) is 19.9 Å². The van der Waals surface area contributed by atoms with Gasteiger partial charge in [0.2, 0.25) is 0 Å². The lowest BCUT2D eigenvalue weighted by atomic mass is 10.0. The molecule has 1 aromatic carbocycles. The van der Waals surface area contributed by atoms with Crippen LogP contribution in [0.2, 0.25) is 0 Å². The molecule has 0 bridgehead atoms. The number of aryl methyl sites for hydroxylation is 2. The van der Waals surface area contributed by atoms with Crippen LogP contribution < -0.4 is 0 Å². The number of benzene rings is 1. The van der Waals surface area contributed by atoms with E-state index in [1.54, 1.807) is 0 Å². The summed E-state index contributed by atoms with van der Waals surface area (Å²) in [5, 5.41) is 10.4. The SMILES string of the molecule is CCc1ccc2c(c1)c(CCO)c(C)n2C.